The number of ether oxygens (including phenoxy) is 1. The van der Waals surface area contributed by atoms with E-state index in [1.807, 2.05) is 0 Å². The van der Waals surface area contributed by atoms with Gasteiger partial charge in [-0.1, -0.05) is 47.0 Å². The summed E-state index contributed by atoms with van der Waals surface area (Å²) in [5, 5.41) is 0.321. The summed E-state index contributed by atoms with van der Waals surface area (Å²) in [5.41, 5.74) is 2.71. The molecule has 2 nitrogen and oxygen atoms in total. The van der Waals surface area contributed by atoms with Gasteiger partial charge in [0.25, 0.3) is 0 Å². The molecule has 0 aliphatic rings. The molecule has 2 rings (SSSR count). The molecule has 0 aliphatic carbocycles. The van der Waals surface area contributed by atoms with Gasteiger partial charge < -0.3 is 39.0 Å². The largest absolute Gasteiger partial charge is 0.747 e. The van der Waals surface area contributed by atoms with Gasteiger partial charge in [-0.05, 0) is 31.0 Å². The zero-order valence-electron chi connectivity index (χ0n) is 19.4. The molecule has 172 valence electrons. The number of rotatable bonds is 11. The van der Waals surface area contributed by atoms with Gasteiger partial charge in [0.1, 0.15) is 0 Å². The third-order valence-electron chi connectivity index (χ3n) is 5.59. The zero-order chi connectivity index (χ0) is 20.9. The summed E-state index contributed by atoms with van der Waals surface area (Å²) in [6, 6.07) is 16.7. The predicted octanol–water partition coefficient (Wildman–Crippen LogP) is 7.47. The summed E-state index contributed by atoms with van der Waals surface area (Å²) in [5.74, 6) is 0. The summed E-state index contributed by atoms with van der Waals surface area (Å²) >= 11 is 0. The molecule has 0 saturated heterocycles. The van der Waals surface area contributed by atoms with Crippen molar-refractivity contribution < 1.29 is 26.2 Å². The quantitative estimate of drug-likeness (QED) is 0.198. The van der Waals surface area contributed by atoms with Gasteiger partial charge in [-0.2, -0.15) is 17.7 Å². The Kier molecular flexibility index (Phi) is 14.9. The van der Waals surface area contributed by atoms with E-state index in [1.54, 1.807) is 0 Å². The van der Waals surface area contributed by atoms with Crippen molar-refractivity contribution in [1.29, 1.82) is 0 Å². The molecule has 0 bridgehead atoms. The van der Waals surface area contributed by atoms with Gasteiger partial charge in [-0.25, -0.2) is 12.1 Å². The van der Waals surface area contributed by atoms with Gasteiger partial charge in [0, 0.05) is 30.3 Å². The van der Waals surface area contributed by atoms with Crippen LogP contribution in [-0.2, 0) is 39.3 Å². The van der Waals surface area contributed by atoms with Crippen molar-refractivity contribution >= 4 is 8.32 Å². The Morgan fingerprint density at radius 1 is 0.897 bits per heavy atom. The molecular weight excluding hydrogens is 416 g/mol. The van der Waals surface area contributed by atoms with E-state index in [0.29, 0.717) is 5.04 Å². The van der Waals surface area contributed by atoms with Crippen molar-refractivity contribution in [3.63, 3.8) is 0 Å². The van der Waals surface area contributed by atoms with Crippen molar-refractivity contribution in [2.75, 3.05) is 13.2 Å². The molecule has 0 fully saturated rings. The van der Waals surface area contributed by atoms with Gasteiger partial charge in [-0.3, -0.25) is 0 Å². The Balaban J connectivity index is 0.000000824. The number of unbranched alkanes of at least 4 members (excludes halogenated alkanes) is 3. The minimum atomic E-state index is -1.54. The first-order chi connectivity index (χ1) is 13.3. The fraction of sp³-hybridized carbons (Fsp3) is 0.600. The second-order valence-corrected chi connectivity index (χ2v) is 13.8. The second-order valence-electron chi connectivity index (χ2n) is 9.02. The Morgan fingerprint density at radius 2 is 1.45 bits per heavy atom. The maximum Gasteiger partial charge on any atom is 0.191 e. The molecule has 0 heterocycles. The van der Waals surface area contributed by atoms with E-state index in [1.165, 1.54) is 30.4 Å². The number of hydrogen-bond acceptors (Lipinski definition) is 2. The molecular formula is C25H42FeO2Si-6. The van der Waals surface area contributed by atoms with Crippen LogP contribution in [0.4, 0.5) is 0 Å². The van der Waals surface area contributed by atoms with Crippen LogP contribution in [0.25, 0.3) is 0 Å². The number of aryl methyl sites for hydroxylation is 1. The van der Waals surface area contributed by atoms with Crippen molar-refractivity contribution in [2.24, 2.45) is 0 Å². The second kappa shape index (κ2) is 15.2. The van der Waals surface area contributed by atoms with E-state index in [4.69, 9.17) is 9.16 Å². The predicted molar refractivity (Wildman–Crippen MR) is 125 cm³/mol. The molecule has 29 heavy (non-hydrogen) atoms. The van der Waals surface area contributed by atoms with Crippen LogP contribution in [0, 0.1) is 0 Å². The van der Waals surface area contributed by atoms with E-state index in [-0.39, 0.29) is 17.1 Å². The molecule has 0 saturated carbocycles. The van der Waals surface area contributed by atoms with Gasteiger partial charge in [0.05, 0.1) is 0 Å². The smallest absolute Gasteiger partial charge is 0.191 e. The van der Waals surface area contributed by atoms with Crippen molar-refractivity contribution in [3.8, 4) is 0 Å². The maximum atomic E-state index is 6.18. The third-order valence-corrected chi connectivity index (χ3v) is 10.1. The molecule has 0 amide bonds. The summed E-state index contributed by atoms with van der Waals surface area (Å²) in [6.45, 7) is 16.2. The van der Waals surface area contributed by atoms with Crippen molar-refractivity contribution in [2.45, 2.75) is 84.5 Å². The van der Waals surface area contributed by atoms with Gasteiger partial charge in [-0.15, -0.1) is 6.61 Å². The summed E-state index contributed by atoms with van der Waals surface area (Å²) in [7, 11) is -1.54. The van der Waals surface area contributed by atoms with Crippen LogP contribution in [0.3, 0.4) is 0 Å². The average Bonchev–Trinajstić information content (AvgIpc) is 3.33. The maximum absolute atomic E-state index is 6.18. The van der Waals surface area contributed by atoms with Gasteiger partial charge in [0.15, 0.2) is 8.32 Å². The molecule has 0 aliphatic heterocycles. The van der Waals surface area contributed by atoms with Crippen LogP contribution in [0.1, 0.15) is 64.5 Å². The Labute approximate surface area is 191 Å². The first kappa shape index (κ1) is 28.4. The van der Waals surface area contributed by atoms with Crippen LogP contribution >= 0.6 is 0 Å². The van der Waals surface area contributed by atoms with Crippen LogP contribution in [0.2, 0.25) is 18.1 Å². The van der Waals surface area contributed by atoms with Gasteiger partial charge in [0.2, 0.25) is 0 Å². The van der Waals surface area contributed by atoms with Crippen LogP contribution in [0.15, 0.2) is 48.5 Å². The minimum absolute atomic E-state index is 0. The fourth-order valence-corrected chi connectivity index (χ4v) is 3.64. The van der Waals surface area contributed by atoms with Crippen molar-refractivity contribution in [1.82, 2.24) is 0 Å². The van der Waals surface area contributed by atoms with E-state index < -0.39 is 8.32 Å². The Morgan fingerprint density at radius 3 is 1.93 bits per heavy atom. The van der Waals surface area contributed by atoms with Crippen molar-refractivity contribution in [3.05, 3.63) is 59.7 Å². The summed E-state index contributed by atoms with van der Waals surface area (Å²) < 4.78 is 11.8. The summed E-state index contributed by atoms with van der Waals surface area (Å²) in [4.78, 5) is 0. The van der Waals surface area contributed by atoms with Crippen LogP contribution in [-0.4, -0.2) is 21.5 Å². The number of hydrogen-bond donors (Lipinski definition) is 0. The van der Waals surface area contributed by atoms with E-state index in [2.05, 4.69) is 89.3 Å². The first-order valence-corrected chi connectivity index (χ1v) is 13.8. The minimum Gasteiger partial charge on any atom is -0.747 e. The third kappa shape index (κ3) is 12.6. The molecule has 0 spiro atoms. The normalized spacial score (nSPS) is 11.5. The molecule has 0 N–H and O–H groups in total. The van der Waals surface area contributed by atoms with Crippen LogP contribution < -0.4 is 0 Å². The fourth-order valence-electron chi connectivity index (χ4n) is 2.55. The van der Waals surface area contributed by atoms with E-state index >= 15 is 0 Å². The first-order valence-electron chi connectivity index (χ1n) is 10.9. The van der Waals surface area contributed by atoms with E-state index in [0.717, 1.165) is 32.7 Å². The van der Waals surface area contributed by atoms with Gasteiger partial charge >= 0.3 is 0 Å². The average molecular weight is 459 g/mol. The topological polar surface area (TPSA) is 18.5 Å². The molecule has 2 aromatic carbocycles. The SMILES string of the molecule is CC(C)(C)[Si](C)(C)OCCCCCCOC[c-]1[cH-][cH-][cH-][cH-]1.CC[c-]1cccc1.[Fe]. The summed E-state index contributed by atoms with van der Waals surface area (Å²) in [6.07, 6.45) is 5.97. The molecule has 2 aromatic rings. The Hall–Kier alpha value is -0.644. The molecule has 0 aromatic heterocycles. The zero-order valence-corrected chi connectivity index (χ0v) is 21.5. The molecule has 0 atom stereocenters. The molecule has 4 heteroatoms. The standard InChI is InChI=1S/C18H33O2Si.C7H9.Fe/c1-18(2,3)21(4,5)20-15-11-7-6-10-14-19-16-17-12-8-9-13-17;1-2-7-5-3-4-6-7;/h8-9,12-13H,6-7,10-11,14-16H2,1-5H3;3-6H,2H2,1H3;/q-5;-1;. The monoisotopic (exact) mass is 458 g/mol. The molecule has 0 unspecified atom stereocenters. The van der Waals surface area contributed by atoms with Crippen LogP contribution in [0.5, 0.6) is 0 Å². The Bertz CT molecular complexity index is 583. The van der Waals surface area contributed by atoms with E-state index in [9.17, 15) is 0 Å². The molecule has 0 radical (unpaired) electrons.